The Labute approximate surface area is 180 Å². The van der Waals surface area contributed by atoms with Crippen LogP contribution >= 0.6 is 11.3 Å². The summed E-state index contributed by atoms with van der Waals surface area (Å²) in [5.41, 5.74) is 2.37. The first-order chi connectivity index (χ1) is 14.3. The van der Waals surface area contributed by atoms with Gasteiger partial charge in [-0.3, -0.25) is 0 Å². The number of hydrogen-bond donors (Lipinski definition) is 0. The molecule has 0 saturated carbocycles. The van der Waals surface area contributed by atoms with Gasteiger partial charge in [-0.2, -0.15) is 0 Å². The lowest BCUT2D eigenvalue weighted by Crippen LogP contribution is -2.22. The normalized spacial score (nSPS) is 11.5. The van der Waals surface area contributed by atoms with Crippen LogP contribution in [0.4, 0.5) is 0 Å². The Morgan fingerprint density at radius 3 is 2.33 bits per heavy atom. The van der Waals surface area contributed by atoms with E-state index in [4.69, 9.17) is 9.47 Å². The van der Waals surface area contributed by atoms with Crippen LogP contribution in [-0.4, -0.2) is 51.0 Å². The molecule has 0 spiro atoms. The van der Waals surface area contributed by atoms with E-state index in [0.717, 1.165) is 20.4 Å². The Kier molecular flexibility index (Phi) is 6.86. The summed E-state index contributed by atoms with van der Waals surface area (Å²) in [6.45, 7) is 2.20. The van der Waals surface area contributed by atoms with E-state index in [1.807, 2.05) is 31.2 Å². The minimum absolute atomic E-state index is 0.0496. The second-order valence-corrected chi connectivity index (χ2v) is 9.66. The van der Waals surface area contributed by atoms with Crippen LogP contribution in [0.25, 0.3) is 10.6 Å². The third-order valence-electron chi connectivity index (χ3n) is 4.20. The number of aryl methyl sites for hydroxylation is 1. The maximum absolute atomic E-state index is 12.2. The molecule has 30 heavy (non-hydrogen) atoms. The van der Waals surface area contributed by atoms with Crippen LogP contribution in [0.5, 0.6) is 5.75 Å². The van der Waals surface area contributed by atoms with Crippen LogP contribution in [-0.2, 0) is 14.8 Å². The standard InChI is InChI=1S/C21H22N2O5S2/c1-15-4-6-16(7-5-15)20-22-19(14-29-20)21(24)28-13-12-27-17-8-10-18(11-9-17)30(25,26)23(2)3/h4-11,14H,12-13H2,1-3H3. The number of carbonyl (C=O) groups excluding carboxylic acids is 1. The first-order valence-corrected chi connectivity index (χ1v) is 11.4. The molecule has 0 aliphatic rings. The van der Waals surface area contributed by atoms with Gasteiger partial charge in [0, 0.05) is 25.0 Å². The quantitative estimate of drug-likeness (QED) is 0.388. The van der Waals surface area contributed by atoms with Crippen molar-refractivity contribution >= 4 is 27.3 Å². The van der Waals surface area contributed by atoms with Gasteiger partial charge in [0.15, 0.2) is 5.69 Å². The van der Waals surface area contributed by atoms with Gasteiger partial charge in [-0.25, -0.2) is 22.5 Å². The first kappa shape index (κ1) is 21.9. The van der Waals surface area contributed by atoms with E-state index in [2.05, 4.69) is 4.98 Å². The van der Waals surface area contributed by atoms with Crippen molar-refractivity contribution < 1.29 is 22.7 Å². The van der Waals surface area contributed by atoms with Gasteiger partial charge in [-0.05, 0) is 31.2 Å². The molecule has 0 aliphatic heterocycles. The van der Waals surface area contributed by atoms with Crippen molar-refractivity contribution in [3.05, 3.63) is 65.2 Å². The van der Waals surface area contributed by atoms with Gasteiger partial charge in [0.05, 0.1) is 4.90 Å². The van der Waals surface area contributed by atoms with Crippen LogP contribution in [0.3, 0.4) is 0 Å². The molecule has 0 N–H and O–H groups in total. The monoisotopic (exact) mass is 446 g/mol. The van der Waals surface area contributed by atoms with Gasteiger partial charge < -0.3 is 9.47 Å². The summed E-state index contributed by atoms with van der Waals surface area (Å²) in [5, 5.41) is 2.42. The average molecular weight is 447 g/mol. The number of hydrogen-bond acceptors (Lipinski definition) is 7. The Balaban J connectivity index is 1.49. The Bertz CT molecular complexity index is 1110. The van der Waals surface area contributed by atoms with Crippen molar-refractivity contribution in [3.8, 4) is 16.3 Å². The number of benzene rings is 2. The van der Waals surface area contributed by atoms with E-state index < -0.39 is 16.0 Å². The fraction of sp³-hybridized carbons (Fsp3) is 0.238. The first-order valence-electron chi connectivity index (χ1n) is 9.12. The maximum atomic E-state index is 12.2. The summed E-state index contributed by atoms with van der Waals surface area (Å²) < 4.78 is 35.9. The molecule has 3 rings (SSSR count). The van der Waals surface area contributed by atoms with Gasteiger partial charge >= 0.3 is 5.97 Å². The molecule has 9 heteroatoms. The third kappa shape index (κ3) is 5.24. The van der Waals surface area contributed by atoms with Gasteiger partial charge in [0.1, 0.15) is 24.0 Å². The number of aromatic nitrogens is 1. The minimum Gasteiger partial charge on any atom is -0.490 e. The lowest BCUT2D eigenvalue weighted by molar-refractivity contribution is 0.0444. The fourth-order valence-electron chi connectivity index (χ4n) is 2.48. The second kappa shape index (κ2) is 9.38. The second-order valence-electron chi connectivity index (χ2n) is 6.65. The van der Waals surface area contributed by atoms with E-state index >= 15 is 0 Å². The lowest BCUT2D eigenvalue weighted by Gasteiger charge is -2.12. The topological polar surface area (TPSA) is 85.8 Å². The van der Waals surface area contributed by atoms with Crippen LogP contribution in [0.1, 0.15) is 16.1 Å². The van der Waals surface area contributed by atoms with Crippen LogP contribution in [0.15, 0.2) is 58.8 Å². The molecule has 1 aromatic heterocycles. The number of sulfonamides is 1. The summed E-state index contributed by atoms with van der Waals surface area (Å²) in [6, 6.07) is 14.0. The predicted octanol–water partition coefficient (Wildman–Crippen LogP) is 3.60. The van der Waals surface area contributed by atoms with Gasteiger partial charge in [0.2, 0.25) is 10.0 Å². The van der Waals surface area contributed by atoms with E-state index in [1.165, 1.54) is 37.6 Å². The molecule has 2 aromatic carbocycles. The van der Waals surface area contributed by atoms with Crippen LogP contribution < -0.4 is 4.74 Å². The summed E-state index contributed by atoms with van der Waals surface area (Å²) in [4.78, 5) is 16.7. The fourth-order valence-corrected chi connectivity index (χ4v) is 4.18. The molecule has 0 saturated heterocycles. The number of thiazole rings is 1. The highest BCUT2D eigenvalue weighted by molar-refractivity contribution is 7.89. The average Bonchev–Trinajstić information content (AvgIpc) is 3.22. The maximum Gasteiger partial charge on any atom is 0.357 e. The molecule has 158 valence electrons. The van der Waals surface area contributed by atoms with Crippen LogP contribution in [0.2, 0.25) is 0 Å². The Hall–Kier alpha value is -2.75. The number of rotatable bonds is 8. The van der Waals surface area contributed by atoms with Crippen LogP contribution in [0, 0.1) is 6.92 Å². The zero-order chi connectivity index (χ0) is 21.7. The lowest BCUT2D eigenvalue weighted by atomic mass is 10.2. The molecular formula is C21H22N2O5S2. The molecule has 0 radical (unpaired) electrons. The summed E-state index contributed by atoms with van der Waals surface area (Å²) in [6.07, 6.45) is 0. The molecule has 3 aromatic rings. The summed E-state index contributed by atoms with van der Waals surface area (Å²) >= 11 is 1.38. The predicted molar refractivity (Wildman–Crippen MR) is 115 cm³/mol. The molecule has 0 fully saturated rings. The molecule has 7 nitrogen and oxygen atoms in total. The number of carbonyl (C=O) groups is 1. The number of esters is 1. The highest BCUT2D eigenvalue weighted by atomic mass is 32.2. The van der Waals surface area contributed by atoms with Crippen molar-refractivity contribution in [1.82, 2.24) is 9.29 Å². The number of ether oxygens (including phenoxy) is 2. The van der Waals surface area contributed by atoms with E-state index in [0.29, 0.717) is 5.75 Å². The summed E-state index contributed by atoms with van der Waals surface area (Å²) in [7, 11) is -0.534. The van der Waals surface area contributed by atoms with Crippen molar-refractivity contribution in [2.24, 2.45) is 0 Å². The van der Waals surface area contributed by atoms with E-state index in [1.54, 1.807) is 17.5 Å². The highest BCUT2D eigenvalue weighted by Crippen LogP contribution is 2.24. The van der Waals surface area contributed by atoms with Crippen molar-refractivity contribution in [3.63, 3.8) is 0 Å². The van der Waals surface area contributed by atoms with Gasteiger partial charge in [-0.15, -0.1) is 11.3 Å². The van der Waals surface area contributed by atoms with Crippen molar-refractivity contribution in [2.75, 3.05) is 27.3 Å². The number of nitrogens with zero attached hydrogens (tertiary/aromatic N) is 2. The molecule has 1 heterocycles. The third-order valence-corrected chi connectivity index (χ3v) is 6.92. The Morgan fingerprint density at radius 1 is 1.03 bits per heavy atom. The minimum atomic E-state index is -3.48. The smallest absolute Gasteiger partial charge is 0.357 e. The summed E-state index contributed by atoms with van der Waals surface area (Å²) in [5.74, 6) is -0.0280. The molecule has 0 amide bonds. The van der Waals surface area contributed by atoms with E-state index in [-0.39, 0.29) is 23.8 Å². The van der Waals surface area contributed by atoms with Crippen molar-refractivity contribution in [1.29, 1.82) is 0 Å². The molecule has 0 aliphatic carbocycles. The Morgan fingerprint density at radius 2 is 1.70 bits per heavy atom. The molecule has 0 atom stereocenters. The zero-order valence-electron chi connectivity index (χ0n) is 16.9. The molecule has 0 unspecified atom stereocenters. The molecule has 0 bridgehead atoms. The molecular weight excluding hydrogens is 424 g/mol. The van der Waals surface area contributed by atoms with Gasteiger partial charge in [0.25, 0.3) is 0 Å². The highest BCUT2D eigenvalue weighted by Gasteiger charge is 2.17. The van der Waals surface area contributed by atoms with Crippen molar-refractivity contribution in [2.45, 2.75) is 11.8 Å². The SMILES string of the molecule is Cc1ccc(-c2nc(C(=O)OCCOc3ccc(S(=O)(=O)N(C)C)cc3)cs2)cc1. The van der Waals surface area contributed by atoms with Gasteiger partial charge in [-0.1, -0.05) is 29.8 Å². The largest absolute Gasteiger partial charge is 0.490 e. The zero-order valence-corrected chi connectivity index (χ0v) is 18.5. The van der Waals surface area contributed by atoms with E-state index in [9.17, 15) is 13.2 Å².